The van der Waals surface area contributed by atoms with Crippen LogP contribution in [0.4, 0.5) is 13.2 Å². The van der Waals surface area contributed by atoms with Gasteiger partial charge in [-0.2, -0.15) is 0 Å². The van der Waals surface area contributed by atoms with E-state index in [-0.39, 0.29) is 40.1 Å². The lowest BCUT2D eigenvalue weighted by molar-refractivity contribution is -0.125. The second kappa shape index (κ2) is 9.18. The van der Waals surface area contributed by atoms with Gasteiger partial charge in [0.15, 0.2) is 14.9 Å². The minimum absolute atomic E-state index is 0.0103. The van der Waals surface area contributed by atoms with E-state index in [1.165, 1.54) is 6.07 Å². The SMILES string of the molecule is CS(=O)(=O)c1ccc(C(=O)N2C[C@@H](F)C[C@@H]2C(=O)N[C@@H](c2cc(F)c(Cl)cc2F)C2CC2)cn1. The van der Waals surface area contributed by atoms with E-state index in [0.717, 1.165) is 35.6 Å². The Labute approximate surface area is 199 Å². The number of halogens is 4. The molecule has 3 atom stereocenters. The highest BCUT2D eigenvalue weighted by Crippen LogP contribution is 2.42. The minimum Gasteiger partial charge on any atom is -0.347 e. The molecule has 2 amide bonds. The number of likely N-dealkylation sites (tertiary alicyclic amines) is 1. The molecule has 1 aliphatic carbocycles. The molecule has 2 fully saturated rings. The van der Waals surface area contributed by atoms with Crippen LogP contribution >= 0.6 is 11.6 Å². The molecular weight excluding hydrogens is 495 g/mol. The molecule has 12 heteroatoms. The molecule has 4 rings (SSSR count). The molecule has 0 unspecified atom stereocenters. The second-order valence-corrected chi connectivity index (χ2v) is 10.9. The van der Waals surface area contributed by atoms with Gasteiger partial charge in [-0.05, 0) is 43.0 Å². The van der Waals surface area contributed by atoms with Crippen molar-refractivity contribution in [3.05, 3.63) is 58.2 Å². The maximum absolute atomic E-state index is 14.5. The number of aromatic nitrogens is 1. The Balaban J connectivity index is 1.55. The molecule has 2 heterocycles. The van der Waals surface area contributed by atoms with E-state index in [0.29, 0.717) is 12.8 Å². The normalized spacial score (nSPS) is 21.4. The van der Waals surface area contributed by atoms with Crippen molar-refractivity contribution >= 4 is 33.3 Å². The first kappa shape index (κ1) is 24.5. The zero-order chi connectivity index (χ0) is 24.8. The maximum Gasteiger partial charge on any atom is 0.256 e. The van der Waals surface area contributed by atoms with E-state index in [1.54, 1.807) is 0 Å². The Hall–Kier alpha value is -2.66. The van der Waals surface area contributed by atoms with Gasteiger partial charge in [0.2, 0.25) is 5.91 Å². The molecule has 1 aromatic heterocycles. The number of benzene rings is 1. The third-order valence-corrected chi connectivity index (χ3v) is 7.23. The van der Waals surface area contributed by atoms with E-state index in [4.69, 9.17) is 11.6 Å². The van der Waals surface area contributed by atoms with Gasteiger partial charge in [0.25, 0.3) is 5.91 Å². The van der Waals surface area contributed by atoms with Gasteiger partial charge in [-0.1, -0.05) is 11.6 Å². The predicted molar refractivity (Wildman–Crippen MR) is 117 cm³/mol. The highest BCUT2D eigenvalue weighted by Gasteiger charge is 2.43. The summed E-state index contributed by atoms with van der Waals surface area (Å²) >= 11 is 5.63. The van der Waals surface area contributed by atoms with E-state index in [1.807, 2.05) is 0 Å². The van der Waals surface area contributed by atoms with Crippen LogP contribution in [0.1, 0.15) is 41.2 Å². The number of nitrogens with one attached hydrogen (secondary N) is 1. The van der Waals surface area contributed by atoms with Crippen LogP contribution in [0.15, 0.2) is 35.5 Å². The Morgan fingerprint density at radius 1 is 1.21 bits per heavy atom. The van der Waals surface area contributed by atoms with Crippen molar-refractivity contribution in [2.24, 2.45) is 5.92 Å². The summed E-state index contributed by atoms with van der Waals surface area (Å²) < 4.78 is 66.0. The summed E-state index contributed by atoms with van der Waals surface area (Å²) in [6.07, 6.45) is 1.67. The quantitative estimate of drug-likeness (QED) is 0.596. The summed E-state index contributed by atoms with van der Waals surface area (Å²) in [4.78, 5) is 30.9. The first-order valence-corrected chi connectivity index (χ1v) is 12.8. The second-order valence-electron chi connectivity index (χ2n) is 8.58. The first-order chi connectivity index (χ1) is 16.0. The summed E-state index contributed by atoms with van der Waals surface area (Å²) in [6.45, 7) is -0.344. The van der Waals surface area contributed by atoms with E-state index >= 15 is 0 Å². The lowest BCUT2D eigenvalue weighted by Gasteiger charge is -2.27. The van der Waals surface area contributed by atoms with E-state index in [9.17, 15) is 31.2 Å². The Morgan fingerprint density at radius 2 is 1.91 bits per heavy atom. The zero-order valence-corrected chi connectivity index (χ0v) is 19.5. The van der Waals surface area contributed by atoms with Gasteiger partial charge < -0.3 is 10.2 Å². The van der Waals surface area contributed by atoms with E-state index in [2.05, 4.69) is 10.3 Å². The van der Waals surface area contributed by atoms with Crippen LogP contribution in [0, 0.1) is 17.6 Å². The van der Waals surface area contributed by atoms with E-state index < -0.39 is 51.5 Å². The van der Waals surface area contributed by atoms with Crippen molar-refractivity contribution in [3.8, 4) is 0 Å². The number of carbonyl (C=O) groups excluding carboxylic acids is 2. The van der Waals surface area contributed by atoms with Crippen molar-refractivity contribution in [1.82, 2.24) is 15.2 Å². The number of hydrogen-bond acceptors (Lipinski definition) is 5. The molecule has 1 saturated carbocycles. The molecule has 1 saturated heterocycles. The number of hydrogen-bond donors (Lipinski definition) is 1. The standard InChI is InChI=1S/C22H21ClF3N3O4S/c1-34(32,33)19-5-4-12(9-27-19)22(31)29-10-13(24)6-18(29)21(30)28-20(11-2-3-11)14-7-17(26)15(23)8-16(14)25/h4-5,7-9,11,13,18,20H,2-3,6,10H2,1H3,(H,28,30)/t13-,18+,20+/m0/s1. The van der Waals surface area contributed by atoms with Gasteiger partial charge in [0.1, 0.15) is 23.8 Å². The zero-order valence-electron chi connectivity index (χ0n) is 18.0. The molecule has 7 nitrogen and oxygen atoms in total. The van der Waals surface area contributed by atoms with Gasteiger partial charge in [0.05, 0.1) is 23.2 Å². The molecule has 1 N–H and O–H groups in total. The van der Waals surface area contributed by atoms with Crippen LogP contribution in [0.5, 0.6) is 0 Å². The number of pyridine rings is 1. The Kier molecular flexibility index (Phi) is 6.61. The lowest BCUT2D eigenvalue weighted by atomic mass is 10.0. The fourth-order valence-corrected chi connectivity index (χ4v) is 4.76. The highest BCUT2D eigenvalue weighted by molar-refractivity contribution is 7.90. The summed E-state index contributed by atoms with van der Waals surface area (Å²) in [6, 6.07) is 2.13. The fourth-order valence-electron chi connectivity index (χ4n) is 4.05. The smallest absolute Gasteiger partial charge is 0.256 e. The summed E-state index contributed by atoms with van der Waals surface area (Å²) in [5.41, 5.74) is -0.0742. The summed E-state index contributed by atoms with van der Waals surface area (Å²) in [5.74, 6) is -3.12. The van der Waals surface area contributed by atoms with Crippen LogP contribution in [-0.4, -0.2) is 55.1 Å². The monoisotopic (exact) mass is 515 g/mol. The molecule has 182 valence electrons. The number of rotatable bonds is 6. The molecule has 0 radical (unpaired) electrons. The number of carbonyl (C=O) groups is 2. The number of alkyl halides is 1. The van der Waals surface area contributed by atoms with Crippen molar-refractivity contribution in [1.29, 1.82) is 0 Å². The van der Waals surface area contributed by atoms with Gasteiger partial charge in [0, 0.05) is 24.4 Å². The van der Waals surface area contributed by atoms with Gasteiger partial charge in [-0.3, -0.25) is 9.59 Å². The van der Waals surface area contributed by atoms with Crippen molar-refractivity contribution in [2.45, 2.75) is 42.5 Å². The van der Waals surface area contributed by atoms with Crippen molar-refractivity contribution < 1.29 is 31.2 Å². The summed E-state index contributed by atoms with van der Waals surface area (Å²) in [5, 5.41) is 2.05. The third kappa shape index (κ3) is 5.05. The maximum atomic E-state index is 14.5. The van der Waals surface area contributed by atoms with Crippen molar-refractivity contribution in [2.75, 3.05) is 12.8 Å². The number of sulfone groups is 1. The fraction of sp³-hybridized carbons (Fsp3) is 0.409. The largest absolute Gasteiger partial charge is 0.347 e. The highest BCUT2D eigenvalue weighted by atomic mass is 35.5. The lowest BCUT2D eigenvalue weighted by Crippen LogP contribution is -2.47. The first-order valence-electron chi connectivity index (χ1n) is 10.5. The average molecular weight is 516 g/mol. The van der Waals surface area contributed by atoms with Crippen molar-refractivity contribution in [3.63, 3.8) is 0 Å². The molecule has 2 aliphatic rings. The third-order valence-electron chi connectivity index (χ3n) is 5.94. The minimum atomic E-state index is -3.57. The molecular formula is C22H21ClF3N3O4S. The molecule has 1 aromatic carbocycles. The Morgan fingerprint density at radius 3 is 2.50 bits per heavy atom. The molecule has 1 aliphatic heterocycles. The van der Waals surface area contributed by atoms with Crippen LogP contribution < -0.4 is 5.32 Å². The predicted octanol–water partition coefficient (Wildman–Crippen LogP) is 3.24. The van der Waals surface area contributed by atoms with Gasteiger partial charge in [-0.25, -0.2) is 26.6 Å². The van der Waals surface area contributed by atoms with Crippen LogP contribution in [0.3, 0.4) is 0 Å². The molecule has 2 aromatic rings. The summed E-state index contributed by atoms with van der Waals surface area (Å²) in [7, 11) is -3.57. The number of nitrogens with zero attached hydrogens (tertiary/aromatic N) is 2. The van der Waals surface area contributed by atoms with Crippen LogP contribution in [0.2, 0.25) is 5.02 Å². The topological polar surface area (TPSA) is 96.4 Å². The van der Waals surface area contributed by atoms with Gasteiger partial charge >= 0.3 is 0 Å². The van der Waals surface area contributed by atoms with Crippen LogP contribution in [-0.2, 0) is 14.6 Å². The molecule has 0 bridgehead atoms. The molecule has 34 heavy (non-hydrogen) atoms. The average Bonchev–Trinajstić information content (AvgIpc) is 3.54. The number of amides is 2. The molecule has 0 spiro atoms. The Bertz CT molecular complexity index is 1240. The van der Waals surface area contributed by atoms with Crippen LogP contribution in [0.25, 0.3) is 0 Å². The van der Waals surface area contributed by atoms with Gasteiger partial charge in [-0.15, -0.1) is 0 Å².